The highest BCUT2D eigenvalue weighted by molar-refractivity contribution is 5.87. The van der Waals surface area contributed by atoms with Gasteiger partial charge in [0.05, 0.1) is 0 Å². The van der Waals surface area contributed by atoms with Gasteiger partial charge >= 0.3 is 5.97 Å². The minimum atomic E-state index is -0.569. The Morgan fingerprint density at radius 3 is 2.86 bits per heavy atom. The van der Waals surface area contributed by atoms with Crippen molar-refractivity contribution in [3.63, 3.8) is 0 Å². The number of rotatable bonds is 3. The van der Waals surface area contributed by atoms with Gasteiger partial charge in [0.25, 0.3) is 0 Å². The van der Waals surface area contributed by atoms with E-state index in [1.54, 1.807) is 18.7 Å². The third kappa shape index (κ3) is 2.56. The molecule has 1 aliphatic heterocycles. The molecule has 0 bridgehead atoms. The quantitative estimate of drug-likeness (QED) is 0.541. The van der Waals surface area contributed by atoms with E-state index in [1.165, 1.54) is 0 Å². The van der Waals surface area contributed by atoms with Crippen molar-refractivity contribution >= 4 is 5.97 Å². The van der Waals surface area contributed by atoms with Crippen molar-refractivity contribution in [1.29, 1.82) is 0 Å². The van der Waals surface area contributed by atoms with E-state index in [0.29, 0.717) is 5.57 Å². The van der Waals surface area contributed by atoms with E-state index in [0.717, 1.165) is 19.4 Å². The second-order valence-electron chi connectivity index (χ2n) is 3.65. The van der Waals surface area contributed by atoms with Crippen molar-refractivity contribution in [2.45, 2.75) is 39.1 Å². The zero-order valence-electron chi connectivity index (χ0n) is 8.69. The van der Waals surface area contributed by atoms with Crippen molar-refractivity contribution in [1.82, 2.24) is 4.90 Å². The Morgan fingerprint density at radius 1 is 1.71 bits per heavy atom. The van der Waals surface area contributed by atoms with E-state index in [1.807, 2.05) is 0 Å². The van der Waals surface area contributed by atoms with E-state index >= 15 is 0 Å². The summed E-state index contributed by atoms with van der Waals surface area (Å²) in [4.78, 5) is 13.0. The highest BCUT2D eigenvalue weighted by atomic mass is 16.6. The smallest absolute Gasteiger partial charge is 0.334 e. The lowest BCUT2D eigenvalue weighted by Crippen LogP contribution is -2.39. The van der Waals surface area contributed by atoms with Crippen LogP contribution in [0.4, 0.5) is 0 Å². The van der Waals surface area contributed by atoms with Gasteiger partial charge < -0.3 is 9.84 Å². The summed E-state index contributed by atoms with van der Waals surface area (Å²) in [6, 6.07) is 0. The third-order valence-electron chi connectivity index (χ3n) is 2.31. The summed E-state index contributed by atoms with van der Waals surface area (Å²) >= 11 is 0. The fraction of sp³-hybridized carbons (Fsp3) is 0.700. The van der Waals surface area contributed by atoms with Crippen LogP contribution in [-0.4, -0.2) is 35.0 Å². The molecule has 0 aliphatic carbocycles. The number of nitrogens with zero attached hydrogens (tertiary/aromatic N) is 1. The molecule has 0 radical (unpaired) electrons. The number of carbonyl (C=O) groups is 1. The molecule has 1 aliphatic rings. The van der Waals surface area contributed by atoms with Gasteiger partial charge in [-0.3, -0.25) is 0 Å². The summed E-state index contributed by atoms with van der Waals surface area (Å²) < 4.78 is 5.17. The third-order valence-corrected chi connectivity index (χ3v) is 2.31. The molecule has 1 heterocycles. The van der Waals surface area contributed by atoms with E-state index in [-0.39, 0.29) is 12.2 Å². The fourth-order valence-electron chi connectivity index (χ4n) is 1.54. The Hall–Kier alpha value is -0.870. The molecule has 4 heteroatoms. The maximum absolute atomic E-state index is 11.2. The first kappa shape index (κ1) is 11.2. The molecule has 1 rings (SSSR count). The summed E-state index contributed by atoms with van der Waals surface area (Å²) in [6.07, 6.45) is 0.864. The van der Waals surface area contributed by atoms with Crippen molar-refractivity contribution in [2.75, 3.05) is 6.54 Å². The van der Waals surface area contributed by atoms with Gasteiger partial charge in [-0.05, 0) is 26.7 Å². The van der Waals surface area contributed by atoms with E-state index in [2.05, 4.69) is 6.58 Å². The number of ether oxygens (including phenoxy) is 1. The predicted molar refractivity (Wildman–Crippen MR) is 52.3 cm³/mol. The molecular formula is C10H17NO3. The van der Waals surface area contributed by atoms with Gasteiger partial charge in [0, 0.05) is 12.1 Å². The second-order valence-corrected chi connectivity index (χ2v) is 3.65. The fourth-order valence-corrected chi connectivity index (χ4v) is 1.54. The number of hydrogen-bond acceptors (Lipinski definition) is 4. The van der Waals surface area contributed by atoms with Gasteiger partial charge in [-0.1, -0.05) is 6.58 Å². The van der Waals surface area contributed by atoms with Crippen LogP contribution < -0.4 is 0 Å². The number of aliphatic hydroxyl groups excluding tert-OH is 1. The van der Waals surface area contributed by atoms with Crippen LogP contribution in [0.25, 0.3) is 0 Å². The van der Waals surface area contributed by atoms with Crippen LogP contribution in [0, 0.1) is 0 Å². The van der Waals surface area contributed by atoms with Crippen LogP contribution in [0.5, 0.6) is 0 Å². The van der Waals surface area contributed by atoms with Crippen molar-refractivity contribution in [2.24, 2.45) is 0 Å². The summed E-state index contributed by atoms with van der Waals surface area (Å²) in [5.41, 5.74) is 0.391. The molecule has 0 aromatic heterocycles. The Bertz CT molecular complexity index is 238. The molecule has 4 nitrogen and oxygen atoms in total. The van der Waals surface area contributed by atoms with E-state index in [9.17, 15) is 9.90 Å². The first-order valence-electron chi connectivity index (χ1n) is 4.82. The van der Waals surface area contributed by atoms with Gasteiger partial charge in [-0.2, -0.15) is 0 Å². The van der Waals surface area contributed by atoms with Crippen molar-refractivity contribution < 1.29 is 14.6 Å². The lowest BCUT2D eigenvalue weighted by atomic mass is 10.3. The Balaban J connectivity index is 2.51. The SMILES string of the molecule is C=C(C)C(=O)OC1CCCN1C(C)O. The highest BCUT2D eigenvalue weighted by Gasteiger charge is 2.30. The normalized spacial score (nSPS) is 24.6. The lowest BCUT2D eigenvalue weighted by molar-refractivity contribution is -0.159. The molecule has 0 aromatic carbocycles. The molecule has 1 saturated heterocycles. The highest BCUT2D eigenvalue weighted by Crippen LogP contribution is 2.20. The van der Waals surface area contributed by atoms with Gasteiger partial charge in [-0.25, -0.2) is 9.69 Å². The van der Waals surface area contributed by atoms with Gasteiger partial charge in [-0.15, -0.1) is 0 Å². The largest absolute Gasteiger partial charge is 0.443 e. The summed E-state index contributed by atoms with van der Waals surface area (Å²) in [5, 5.41) is 9.39. The Kier molecular flexibility index (Phi) is 3.66. The van der Waals surface area contributed by atoms with Crippen LogP contribution in [0.15, 0.2) is 12.2 Å². The maximum atomic E-state index is 11.2. The molecule has 0 saturated carbocycles. The standard InChI is InChI=1S/C10H17NO3/c1-7(2)10(13)14-9-5-4-6-11(9)8(3)12/h8-9,12H,1,4-6H2,2-3H3. The van der Waals surface area contributed by atoms with Gasteiger partial charge in [0.15, 0.2) is 6.23 Å². The van der Waals surface area contributed by atoms with Crippen molar-refractivity contribution in [3.05, 3.63) is 12.2 Å². The van der Waals surface area contributed by atoms with Crippen LogP contribution >= 0.6 is 0 Å². The number of aliphatic hydroxyl groups is 1. The maximum Gasteiger partial charge on any atom is 0.334 e. The number of likely N-dealkylation sites (tertiary alicyclic amines) is 1. The first-order chi connectivity index (χ1) is 6.52. The molecule has 0 amide bonds. The molecule has 14 heavy (non-hydrogen) atoms. The molecule has 0 spiro atoms. The molecule has 2 atom stereocenters. The zero-order valence-corrected chi connectivity index (χ0v) is 8.69. The van der Waals surface area contributed by atoms with Crippen LogP contribution in [0.2, 0.25) is 0 Å². The second kappa shape index (κ2) is 4.57. The molecule has 1 fully saturated rings. The van der Waals surface area contributed by atoms with E-state index in [4.69, 9.17) is 4.74 Å². The molecular weight excluding hydrogens is 182 g/mol. The Labute approximate surface area is 84.2 Å². The first-order valence-corrected chi connectivity index (χ1v) is 4.82. The van der Waals surface area contributed by atoms with Crippen molar-refractivity contribution in [3.8, 4) is 0 Å². The predicted octanol–water partition coefficient (Wildman–Crippen LogP) is 0.866. The lowest BCUT2D eigenvalue weighted by Gasteiger charge is -2.26. The summed E-state index contributed by atoms with van der Waals surface area (Å²) in [5.74, 6) is -0.387. The average molecular weight is 199 g/mol. The summed E-state index contributed by atoms with van der Waals surface area (Å²) in [7, 11) is 0. The average Bonchev–Trinajstić information content (AvgIpc) is 2.52. The van der Waals surface area contributed by atoms with Crippen LogP contribution in [0.1, 0.15) is 26.7 Å². The van der Waals surface area contributed by atoms with Gasteiger partial charge in [0.2, 0.25) is 0 Å². The minimum Gasteiger partial charge on any atom is -0.443 e. The molecule has 80 valence electrons. The number of carbonyl (C=O) groups excluding carboxylic acids is 1. The minimum absolute atomic E-state index is 0.292. The molecule has 1 N–H and O–H groups in total. The summed E-state index contributed by atoms with van der Waals surface area (Å²) in [6.45, 7) is 7.57. The van der Waals surface area contributed by atoms with Crippen LogP contribution in [-0.2, 0) is 9.53 Å². The topological polar surface area (TPSA) is 49.8 Å². The van der Waals surface area contributed by atoms with E-state index < -0.39 is 6.23 Å². The Morgan fingerprint density at radius 2 is 2.36 bits per heavy atom. The van der Waals surface area contributed by atoms with Gasteiger partial charge in [0.1, 0.15) is 6.23 Å². The molecule has 0 aromatic rings. The number of hydrogen-bond donors (Lipinski definition) is 1. The molecule has 2 unspecified atom stereocenters. The monoisotopic (exact) mass is 199 g/mol. The zero-order chi connectivity index (χ0) is 10.7. The van der Waals surface area contributed by atoms with Crippen LogP contribution in [0.3, 0.4) is 0 Å². The number of esters is 1.